The monoisotopic (exact) mass is 309 g/mol. The number of hydrogen-bond acceptors (Lipinski definition) is 1. The predicted molar refractivity (Wildman–Crippen MR) is 67.6 cm³/mol. The van der Waals surface area contributed by atoms with Crippen molar-refractivity contribution in [2.75, 3.05) is 13.1 Å². The molecule has 0 bridgehead atoms. The fourth-order valence-corrected chi connectivity index (χ4v) is 2.40. The molecule has 0 radical (unpaired) electrons. The summed E-state index contributed by atoms with van der Waals surface area (Å²) in [5.74, 6) is 1.73. The molecular formula is C11H20INO. The second-order valence-corrected chi connectivity index (χ2v) is 6.42. The summed E-state index contributed by atoms with van der Waals surface area (Å²) < 4.78 is 0.124. The second kappa shape index (κ2) is 5.33. The number of piperidine rings is 1. The second-order valence-electron chi connectivity index (χ2n) is 4.55. The molecule has 0 aromatic rings. The molecule has 0 N–H and O–H groups in total. The highest BCUT2D eigenvalue weighted by Crippen LogP contribution is 2.24. The molecule has 0 aliphatic carbocycles. The van der Waals surface area contributed by atoms with Crippen molar-refractivity contribution < 1.29 is 4.79 Å². The lowest BCUT2D eigenvalue weighted by atomic mass is 9.88. The van der Waals surface area contributed by atoms with Crippen LogP contribution in [0.5, 0.6) is 0 Å². The number of carbonyl (C=O) groups is 1. The van der Waals surface area contributed by atoms with E-state index in [1.54, 1.807) is 0 Å². The minimum atomic E-state index is 0.124. The number of hydrogen-bond donors (Lipinski definition) is 0. The van der Waals surface area contributed by atoms with E-state index in [4.69, 9.17) is 0 Å². The van der Waals surface area contributed by atoms with Gasteiger partial charge in [-0.1, -0.05) is 36.4 Å². The predicted octanol–water partition coefficient (Wildman–Crippen LogP) is 2.70. The van der Waals surface area contributed by atoms with Gasteiger partial charge in [0.1, 0.15) is 0 Å². The van der Waals surface area contributed by atoms with Crippen LogP contribution in [0.4, 0.5) is 0 Å². The van der Waals surface area contributed by atoms with Crippen molar-refractivity contribution in [3.8, 4) is 0 Å². The van der Waals surface area contributed by atoms with Crippen LogP contribution in [0.2, 0.25) is 0 Å². The Morgan fingerprint density at radius 2 is 2.07 bits per heavy atom. The lowest BCUT2D eigenvalue weighted by molar-refractivity contribution is -0.132. The van der Waals surface area contributed by atoms with Gasteiger partial charge in [0.25, 0.3) is 0 Å². The van der Waals surface area contributed by atoms with Gasteiger partial charge < -0.3 is 4.90 Å². The van der Waals surface area contributed by atoms with E-state index in [1.807, 2.05) is 11.8 Å². The summed E-state index contributed by atoms with van der Waals surface area (Å²) in [5, 5.41) is 0. The van der Waals surface area contributed by atoms with Crippen molar-refractivity contribution in [3.63, 3.8) is 0 Å². The zero-order chi connectivity index (χ0) is 10.7. The van der Waals surface area contributed by atoms with Crippen LogP contribution >= 0.6 is 22.6 Å². The first kappa shape index (κ1) is 12.3. The molecule has 1 fully saturated rings. The van der Waals surface area contributed by atoms with Crippen LogP contribution in [-0.2, 0) is 4.79 Å². The molecule has 3 heteroatoms. The van der Waals surface area contributed by atoms with Crippen molar-refractivity contribution in [2.45, 2.75) is 37.5 Å². The van der Waals surface area contributed by atoms with Gasteiger partial charge in [-0.3, -0.25) is 4.79 Å². The molecule has 1 rings (SSSR count). The molecule has 2 atom stereocenters. The van der Waals surface area contributed by atoms with Crippen LogP contribution in [0.3, 0.4) is 0 Å². The summed E-state index contributed by atoms with van der Waals surface area (Å²) in [5.41, 5.74) is 0. The van der Waals surface area contributed by atoms with Crippen molar-refractivity contribution in [1.29, 1.82) is 0 Å². The first-order chi connectivity index (χ1) is 6.52. The molecule has 1 aliphatic rings. The van der Waals surface area contributed by atoms with Crippen LogP contribution in [-0.4, -0.2) is 27.8 Å². The van der Waals surface area contributed by atoms with E-state index in [9.17, 15) is 4.79 Å². The summed E-state index contributed by atoms with van der Waals surface area (Å²) in [6.07, 6.45) is 2.47. The molecule has 2 nitrogen and oxygen atoms in total. The Kier molecular flexibility index (Phi) is 4.67. The minimum absolute atomic E-state index is 0.124. The van der Waals surface area contributed by atoms with Crippen LogP contribution in [0.1, 0.15) is 33.6 Å². The maximum atomic E-state index is 11.8. The Bertz CT molecular complexity index is 203. The molecule has 82 valence electrons. The van der Waals surface area contributed by atoms with Gasteiger partial charge in [0.05, 0.1) is 3.92 Å². The van der Waals surface area contributed by atoms with E-state index in [0.717, 1.165) is 13.1 Å². The molecule has 0 aromatic heterocycles. The molecule has 14 heavy (non-hydrogen) atoms. The van der Waals surface area contributed by atoms with Gasteiger partial charge in [-0.25, -0.2) is 0 Å². The van der Waals surface area contributed by atoms with E-state index in [0.29, 0.717) is 17.7 Å². The standard InChI is InChI=1S/C11H20INO/c1-8(2)10-5-4-6-13(7-10)11(14)9(3)12/h8-10H,4-7H2,1-3H3. The number of halogens is 1. The molecule has 1 amide bonds. The van der Waals surface area contributed by atoms with Crippen LogP contribution in [0, 0.1) is 11.8 Å². The molecular weight excluding hydrogens is 289 g/mol. The Hall–Kier alpha value is 0.200. The fraction of sp³-hybridized carbons (Fsp3) is 0.909. The number of likely N-dealkylation sites (tertiary alicyclic amines) is 1. The van der Waals surface area contributed by atoms with Crippen molar-refractivity contribution >= 4 is 28.5 Å². The SMILES string of the molecule is CC(I)C(=O)N1CCCC(C(C)C)C1. The van der Waals surface area contributed by atoms with Crippen LogP contribution in [0.25, 0.3) is 0 Å². The first-order valence-corrected chi connectivity index (χ1v) is 6.69. The molecule has 1 heterocycles. The highest BCUT2D eigenvalue weighted by molar-refractivity contribution is 14.1. The van der Waals surface area contributed by atoms with Crippen LogP contribution < -0.4 is 0 Å². The smallest absolute Gasteiger partial charge is 0.235 e. The molecule has 0 saturated carbocycles. The highest BCUT2D eigenvalue weighted by Gasteiger charge is 2.26. The van der Waals surface area contributed by atoms with E-state index in [2.05, 4.69) is 36.4 Å². The third-order valence-electron chi connectivity index (χ3n) is 3.05. The van der Waals surface area contributed by atoms with Gasteiger partial charge in [0.15, 0.2) is 0 Å². The number of carbonyl (C=O) groups excluding carboxylic acids is 1. The minimum Gasteiger partial charge on any atom is -0.342 e. The maximum Gasteiger partial charge on any atom is 0.235 e. The molecule has 2 unspecified atom stereocenters. The van der Waals surface area contributed by atoms with Gasteiger partial charge >= 0.3 is 0 Å². The van der Waals surface area contributed by atoms with Gasteiger partial charge in [-0.15, -0.1) is 0 Å². The lowest BCUT2D eigenvalue weighted by Gasteiger charge is -2.35. The molecule has 1 aliphatic heterocycles. The van der Waals surface area contributed by atoms with Crippen molar-refractivity contribution in [2.24, 2.45) is 11.8 Å². The van der Waals surface area contributed by atoms with Crippen LogP contribution in [0.15, 0.2) is 0 Å². The molecule has 0 spiro atoms. The topological polar surface area (TPSA) is 20.3 Å². The zero-order valence-electron chi connectivity index (χ0n) is 9.29. The third-order valence-corrected chi connectivity index (χ3v) is 3.59. The van der Waals surface area contributed by atoms with Gasteiger partial charge in [-0.05, 0) is 31.6 Å². The average Bonchev–Trinajstić information content (AvgIpc) is 2.16. The summed E-state index contributed by atoms with van der Waals surface area (Å²) in [6.45, 7) is 8.43. The number of rotatable bonds is 2. The first-order valence-electron chi connectivity index (χ1n) is 5.45. The normalized spacial score (nSPS) is 25.2. The van der Waals surface area contributed by atoms with E-state index >= 15 is 0 Å². The van der Waals surface area contributed by atoms with E-state index in [-0.39, 0.29) is 3.92 Å². The van der Waals surface area contributed by atoms with Gasteiger partial charge in [0, 0.05) is 13.1 Å². The van der Waals surface area contributed by atoms with Gasteiger partial charge in [-0.2, -0.15) is 0 Å². The Labute approximate surface area is 101 Å². The Morgan fingerprint density at radius 1 is 1.43 bits per heavy atom. The largest absolute Gasteiger partial charge is 0.342 e. The van der Waals surface area contributed by atoms with E-state index < -0.39 is 0 Å². The summed E-state index contributed by atoms with van der Waals surface area (Å²) in [7, 11) is 0. The average molecular weight is 309 g/mol. The van der Waals surface area contributed by atoms with Crippen molar-refractivity contribution in [3.05, 3.63) is 0 Å². The third kappa shape index (κ3) is 3.11. The lowest BCUT2D eigenvalue weighted by Crippen LogP contribution is -2.43. The highest BCUT2D eigenvalue weighted by atomic mass is 127. The number of amides is 1. The summed E-state index contributed by atoms with van der Waals surface area (Å²) in [6, 6.07) is 0. The number of alkyl halides is 1. The Morgan fingerprint density at radius 3 is 2.57 bits per heavy atom. The van der Waals surface area contributed by atoms with Gasteiger partial charge in [0.2, 0.25) is 5.91 Å². The Balaban J connectivity index is 2.51. The van der Waals surface area contributed by atoms with Crippen molar-refractivity contribution in [1.82, 2.24) is 4.90 Å². The fourth-order valence-electron chi connectivity index (χ4n) is 2.01. The zero-order valence-corrected chi connectivity index (χ0v) is 11.5. The van der Waals surface area contributed by atoms with E-state index in [1.165, 1.54) is 12.8 Å². The molecule has 0 aromatic carbocycles. The summed E-state index contributed by atoms with van der Waals surface area (Å²) >= 11 is 2.20. The summed E-state index contributed by atoms with van der Waals surface area (Å²) in [4.78, 5) is 13.8. The quantitative estimate of drug-likeness (QED) is 0.567. The number of nitrogens with zero attached hydrogens (tertiary/aromatic N) is 1. The maximum absolute atomic E-state index is 11.8. The molecule has 1 saturated heterocycles.